The van der Waals surface area contributed by atoms with Gasteiger partial charge in [-0.25, -0.2) is 9.07 Å². The number of nitrogens with one attached hydrogen (secondary N) is 1. The Morgan fingerprint density at radius 2 is 2.07 bits per heavy atom. The molecule has 0 spiro atoms. The molecule has 0 radical (unpaired) electrons. The number of ether oxygens (including phenoxy) is 2. The van der Waals surface area contributed by atoms with E-state index in [1.54, 1.807) is 18.2 Å². The number of nitrogens with two attached hydrogens (primary N) is 1. The van der Waals surface area contributed by atoms with Crippen molar-refractivity contribution >= 4 is 17.7 Å². The van der Waals surface area contributed by atoms with Gasteiger partial charge in [0.15, 0.2) is 17.3 Å². The average molecular weight is 415 g/mol. The van der Waals surface area contributed by atoms with Crippen molar-refractivity contribution in [3.63, 3.8) is 0 Å². The number of fused-ring (bicyclic) bond motifs is 1. The molecule has 3 aromatic rings. The van der Waals surface area contributed by atoms with E-state index in [9.17, 15) is 9.18 Å². The Labute approximate surface area is 170 Å². The maximum atomic E-state index is 13.9. The Morgan fingerprint density at radius 3 is 2.90 bits per heavy atom. The molecule has 1 aromatic heterocycles. The Kier molecular flexibility index (Phi) is 5.26. The van der Waals surface area contributed by atoms with E-state index >= 15 is 0 Å². The molecule has 150 valence electrons. The Balaban J connectivity index is 1.37. The molecule has 29 heavy (non-hydrogen) atoms. The van der Waals surface area contributed by atoms with Gasteiger partial charge in [-0.2, -0.15) is 0 Å². The Bertz CT molecular complexity index is 1060. The Morgan fingerprint density at radius 1 is 1.28 bits per heavy atom. The SMILES string of the molecule is C[C@H](NC(=O)CSc1nnc(-c2ccccc2F)n1N)c1ccc2c(c1)OCO2. The molecule has 0 bridgehead atoms. The van der Waals surface area contributed by atoms with Gasteiger partial charge in [0, 0.05) is 0 Å². The van der Waals surface area contributed by atoms with Crippen LogP contribution in [0, 0.1) is 5.82 Å². The van der Waals surface area contributed by atoms with Crippen molar-refractivity contribution in [1.82, 2.24) is 20.2 Å². The smallest absolute Gasteiger partial charge is 0.231 e. The van der Waals surface area contributed by atoms with Gasteiger partial charge in [0.05, 0.1) is 17.4 Å². The zero-order valence-corrected chi connectivity index (χ0v) is 16.3. The lowest BCUT2D eigenvalue weighted by molar-refractivity contribution is -0.119. The number of hydrogen-bond donors (Lipinski definition) is 2. The van der Waals surface area contributed by atoms with Gasteiger partial charge in [0.1, 0.15) is 5.82 Å². The van der Waals surface area contributed by atoms with Crippen LogP contribution in [-0.2, 0) is 4.79 Å². The molecule has 8 nitrogen and oxygen atoms in total. The molecule has 4 rings (SSSR count). The standard InChI is InChI=1S/C19H18FN5O3S/c1-11(12-6-7-15-16(8-12)28-10-27-15)22-17(26)9-29-19-24-23-18(25(19)21)13-4-2-3-5-14(13)20/h2-8,11H,9-10,21H2,1H3,(H,22,26)/t11-/m0/s1. The fourth-order valence-electron chi connectivity index (χ4n) is 2.88. The van der Waals surface area contributed by atoms with Crippen LogP contribution in [0.4, 0.5) is 4.39 Å². The van der Waals surface area contributed by atoms with Crippen molar-refractivity contribution in [1.29, 1.82) is 0 Å². The highest BCUT2D eigenvalue weighted by Gasteiger charge is 2.19. The fourth-order valence-corrected chi connectivity index (χ4v) is 3.55. The maximum Gasteiger partial charge on any atom is 0.231 e. The van der Waals surface area contributed by atoms with Crippen LogP contribution in [0.1, 0.15) is 18.5 Å². The van der Waals surface area contributed by atoms with Crippen molar-refractivity contribution in [2.45, 2.75) is 18.1 Å². The number of aromatic nitrogens is 3. The number of rotatable bonds is 6. The van der Waals surface area contributed by atoms with Crippen molar-refractivity contribution in [3.05, 3.63) is 53.8 Å². The summed E-state index contributed by atoms with van der Waals surface area (Å²) in [4.78, 5) is 12.3. The topological polar surface area (TPSA) is 104 Å². The number of nitrogen functional groups attached to an aromatic ring is 1. The fraction of sp³-hybridized carbons (Fsp3) is 0.211. The third kappa shape index (κ3) is 3.97. The maximum absolute atomic E-state index is 13.9. The van der Waals surface area contributed by atoms with Crippen molar-refractivity contribution in [2.24, 2.45) is 0 Å². The van der Waals surface area contributed by atoms with E-state index in [2.05, 4.69) is 15.5 Å². The number of nitrogens with zero attached hydrogens (tertiary/aromatic N) is 3. The first-order valence-electron chi connectivity index (χ1n) is 8.80. The summed E-state index contributed by atoms with van der Waals surface area (Å²) in [6, 6.07) is 11.5. The minimum Gasteiger partial charge on any atom is -0.454 e. The van der Waals surface area contributed by atoms with Crippen molar-refractivity contribution in [2.75, 3.05) is 18.4 Å². The van der Waals surface area contributed by atoms with Gasteiger partial charge in [-0.1, -0.05) is 30.0 Å². The van der Waals surface area contributed by atoms with E-state index in [0.717, 1.165) is 17.3 Å². The minimum atomic E-state index is -0.446. The number of amides is 1. The van der Waals surface area contributed by atoms with Crippen LogP contribution >= 0.6 is 11.8 Å². The number of hydrogen-bond acceptors (Lipinski definition) is 7. The number of benzene rings is 2. The molecule has 2 aromatic carbocycles. The zero-order valence-electron chi connectivity index (χ0n) is 15.5. The van der Waals surface area contributed by atoms with Crippen LogP contribution < -0.4 is 20.6 Å². The van der Waals surface area contributed by atoms with Crippen LogP contribution in [0.2, 0.25) is 0 Å². The minimum absolute atomic E-state index is 0.0848. The van der Waals surface area contributed by atoms with Gasteiger partial charge in [-0.15, -0.1) is 10.2 Å². The molecule has 1 atom stereocenters. The molecule has 3 N–H and O–H groups in total. The van der Waals surface area contributed by atoms with E-state index in [-0.39, 0.29) is 35.9 Å². The normalized spacial score (nSPS) is 13.3. The highest BCUT2D eigenvalue weighted by atomic mass is 32.2. The first-order chi connectivity index (χ1) is 14.0. The second kappa shape index (κ2) is 8.00. The average Bonchev–Trinajstić information content (AvgIpc) is 3.32. The predicted octanol–water partition coefficient (Wildman–Crippen LogP) is 2.50. The molecular formula is C19H18FN5O3S. The lowest BCUT2D eigenvalue weighted by Gasteiger charge is -2.14. The molecule has 1 aliphatic heterocycles. The monoisotopic (exact) mass is 415 g/mol. The lowest BCUT2D eigenvalue weighted by Crippen LogP contribution is -2.28. The molecule has 0 saturated heterocycles. The van der Waals surface area contributed by atoms with Crippen LogP contribution in [-0.4, -0.2) is 33.3 Å². The summed E-state index contributed by atoms with van der Waals surface area (Å²) >= 11 is 1.12. The van der Waals surface area contributed by atoms with Gasteiger partial charge in [-0.3, -0.25) is 4.79 Å². The van der Waals surface area contributed by atoms with Crippen molar-refractivity contribution < 1.29 is 18.7 Å². The summed E-state index contributed by atoms with van der Waals surface area (Å²) in [6.07, 6.45) is 0. The van der Waals surface area contributed by atoms with Crippen molar-refractivity contribution in [3.8, 4) is 22.9 Å². The first-order valence-corrected chi connectivity index (χ1v) is 9.78. The molecular weight excluding hydrogens is 397 g/mol. The lowest BCUT2D eigenvalue weighted by atomic mass is 10.1. The summed E-state index contributed by atoms with van der Waals surface area (Å²) in [5.41, 5.74) is 1.15. The molecule has 1 amide bonds. The molecule has 10 heteroatoms. The van der Waals surface area contributed by atoms with Gasteiger partial charge >= 0.3 is 0 Å². The highest BCUT2D eigenvalue weighted by molar-refractivity contribution is 7.99. The molecule has 0 aliphatic carbocycles. The summed E-state index contributed by atoms with van der Waals surface area (Å²) in [6.45, 7) is 2.08. The summed E-state index contributed by atoms with van der Waals surface area (Å²) in [7, 11) is 0. The van der Waals surface area contributed by atoms with E-state index in [1.807, 2.05) is 25.1 Å². The van der Waals surface area contributed by atoms with Gasteiger partial charge in [0.2, 0.25) is 17.9 Å². The molecule has 2 heterocycles. The number of halogens is 1. The molecule has 0 saturated carbocycles. The van der Waals surface area contributed by atoms with Crippen LogP contribution in [0.3, 0.4) is 0 Å². The summed E-state index contributed by atoms with van der Waals surface area (Å²) in [5, 5.41) is 11.1. The molecule has 1 aliphatic rings. The van der Waals surface area contributed by atoms with E-state index in [1.165, 1.54) is 10.7 Å². The van der Waals surface area contributed by atoms with Crippen LogP contribution in [0.15, 0.2) is 47.6 Å². The summed E-state index contributed by atoms with van der Waals surface area (Å²) < 4.78 is 25.8. The van der Waals surface area contributed by atoms with E-state index in [0.29, 0.717) is 16.7 Å². The van der Waals surface area contributed by atoms with Crippen LogP contribution in [0.5, 0.6) is 11.5 Å². The van der Waals surface area contributed by atoms with E-state index in [4.69, 9.17) is 15.3 Å². The van der Waals surface area contributed by atoms with Gasteiger partial charge < -0.3 is 20.6 Å². The predicted molar refractivity (Wildman–Crippen MR) is 105 cm³/mol. The Hall–Kier alpha value is -3.27. The first kappa shape index (κ1) is 19.1. The van der Waals surface area contributed by atoms with E-state index < -0.39 is 5.82 Å². The molecule has 0 fully saturated rings. The van der Waals surface area contributed by atoms with Crippen LogP contribution in [0.25, 0.3) is 11.4 Å². The largest absolute Gasteiger partial charge is 0.454 e. The van der Waals surface area contributed by atoms with Gasteiger partial charge in [-0.05, 0) is 36.8 Å². The third-order valence-electron chi connectivity index (χ3n) is 4.39. The highest BCUT2D eigenvalue weighted by Crippen LogP contribution is 2.34. The van der Waals surface area contributed by atoms with Gasteiger partial charge in [0.25, 0.3) is 0 Å². The third-order valence-corrected chi connectivity index (χ3v) is 5.33. The zero-order chi connectivity index (χ0) is 20.4. The quantitative estimate of drug-likeness (QED) is 0.471. The number of carbonyl (C=O) groups is 1. The molecule has 0 unspecified atom stereocenters. The number of thioether (sulfide) groups is 1. The number of carbonyl (C=O) groups excluding carboxylic acids is 1. The summed E-state index contributed by atoms with van der Waals surface area (Å²) in [5.74, 6) is 6.97. The second-order valence-corrected chi connectivity index (χ2v) is 7.29. The second-order valence-electron chi connectivity index (χ2n) is 6.35.